The quantitative estimate of drug-likeness (QED) is 0.442. The maximum atomic E-state index is 13.6. The minimum Gasteiger partial charge on any atom is -0.484 e. The number of nitrogens with zero attached hydrogens (tertiary/aromatic N) is 4. The van der Waals surface area contributed by atoms with Crippen LogP contribution in [0.25, 0.3) is 5.82 Å². The zero-order valence-corrected chi connectivity index (χ0v) is 21.0. The highest BCUT2D eigenvalue weighted by Gasteiger charge is 2.47. The lowest BCUT2D eigenvalue weighted by Crippen LogP contribution is -2.51. The highest BCUT2D eigenvalue weighted by molar-refractivity contribution is 6.08. The van der Waals surface area contributed by atoms with Crippen molar-refractivity contribution >= 4 is 11.8 Å². The number of carbonyl (C=O) groups is 2. The lowest BCUT2D eigenvalue weighted by atomic mass is 9.82. The number of hydrogen-bond donors (Lipinski definition) is 3. The van der Waals surface area contributed by atoms with Crippen molar-refractivity contribution in [3.05, 3.63) is 70.2 Å². The highest BCUT2D eigenvalue weighted by atomic mass is 19.4. The summed E-state index contributed by atoms with van der Waals surface area (Å²) in [7, 11) is 0. The summed E-state index contributed by atoms with van der Waals surface area (Å²) in [5, 5.41) is 29.3. The van der Waals surface area contributed by atoms with E-state index >= 15 is 0 Å². The van der Waals surface area contributed by atoms with E-state index in [1.54, 1.807) is 12.1 Å². The van der Waals surface area contributed by atoms with Crippen LogP contribution in [0.3, 0.4) is 0 Å². The smallest absolute Gasteiger partial charge is 0.422 e. The summed E-state index contributed by atoms with van der Waals surface area (Å²) < 4.78 is 44.0. The van der Waals surface area contributed by atoms with E-state index < -0.39 is 36.2 Å². The topological polar surface area (TPSA) is 142 Å². The lowest BCUT2D eigenvalue weighted by Gasteiger charge is -2.35. The molecule has 0 bridgehead atoms. The first kappa shape index (κ1) is 25.8. The molecule has 10 nitrogen and oxygen atoms in total. The predicted molar refractivity (Wildman–Crippen MR) is 132 cm³/mol. The Morgan fingerprint density at radius 1 is 1.30 bits per heavy atom. The summed E-state index contributed by atoms with van der Waals surface area (Å²) in [6, 6.07) is 9.46. The van der Waals surface area contributed by atoms with Crippen LogP contribution in [-0.4, -0.2) is 56.6 Å². The van der Waals surface area contributed by atoms with Gasteiger partial charge in [-0.05, 0) is 61.1 Å². The predicted octanol–water partition coefficient (Wildman–Crippen LogP) is 2.46. The largest absolute Gasteiger partial charge is 0.484 e. The molecule has 13 heteroatoms. The number of alkyl halides is 3. The maximum absolute atomic E-state index is 13.6. The van der Waals surface area contributed by atoms with Gasteiger partial charge in [0.05, 0.1) is 28.5 Å². The average molecular weight is 553 g/mol. The fraction of sp³-hybridized carbons (Fsp3) is 0.370. The molecule has 3 heterocycles. The number of aliphatic hydroxyl groups excluding tert-OH is 1. The first-order valence-corrected chi connectivity index (χ1v) is 12.7. The van der Waals surface area contributed by atoms with Crippen LogP contribution >= 0.6 is 0 Å². The number of hydrogen-bond acceptors (Lipinski definition) is 7. The van der Waals surface area contributed by atoms with Gasteiger partial charge in [0.25, 0.3) is 11.8 Å². The van der Waals surface area contributed by atoms with Crippen LogP contribution in [0, 0.1) is 11.3 Å². The number of aromatic nitrogens is 3. The van der Waals surface area contributed by atoms with Crippen molar-refractivity contribution in [3.63, 3.8) is 0 Å². The van der Waals surface area contributed by atoms with E-state index in [-0.39, 0.29) is 35.3 Å². The number of carbonyl (C=O) groups excluding carboxylic acids is 2. The third kappa shape index (κ3) is 4.54. The summed E-state index contributed by atoms with van der Waals surface area (Å²) >= 11 is 0. The van der Waals surface area contributed by atoms with Crippen molar-refractivity contribution in [3.8, 4) is 17.6 Å². The number of rotatable bonds is 5. The molecule has 1 fully saturated rings. The van der Waals surface area contributed by atoms with Crippen molar-refractivity contribution in [2.24, 2.45) is 0 Å². The van der Waals surface area contributed by atoms with Crippen molar-refractivity contribution in [1.82, 2.24) is 25.4 Å². The molecule has 0 radical (unpaired) electrons. The fourth-order valence-corrected chi connectivity index (χ4v) is 5.64. The number of ether oxygens (including phenoxy) is 1. The Hall–Kier alpha value is -4.44. The zero-order valence-electron chi connectivity index (χ0n) is 21.0. The first-order valence-electron chi connectivity index (χ1n) is 12.7. The molecule has 40 heavy (non-hydrogen) atoms. The molecule has 1 atom stereocenters. The SMILES string of the molecule is N#Cc1ccc(-n2nc3c(c2C(=O)N[C@H]2C[C@H](O)C2)C(=O)N[C@@]2(CCc4cc(OCC(F)(F)F)ccc42)C3)nc1. The van der Waals surface area contributed by atoms with Crippen LogP contribution in [0.4, 0.5) is 13.2 Å². The summed E-state index contributed by atoms with van der Waals surface area (Å²) in [5.41, 5.74) is 1.45. The Kier molecular flexibility index (Phi) is 6.03. The van der Waals surface area contributed by atoms with Gasteiger partial charge in [-0.1, -0.05) is 6.07 Å². The third-order valence-electron chi connectivity index (χ3n) is 7.58. The second-order valence-corrected chi connectivity index (χ2v) is 10.3. The molecule has 0 saturated heterocycles. The number of halogens is 3. The van der Waals surface area contributed by atoms with E-state index in [2.05, 4.69) is 20.7 Å². The Morgan fingerprint density at radius 2 is 2.10 bits per heavy atom. The van der Waals surface area contributed by atoms with E-state index in [0.717, 1.165) is 11.1 Å². The van der Waals surface area contributed by atoms with Crippen molar-refractivity contribution in [2.75, 3.05) is 6.61 Å². The Balaban J connectivity index is 1.36. The number of aliphatic hydroxyl groups is 1. The number of pyridine rings is 1. The van der Waals surface area contributed by atoms with E-state index in [0.29, 0.717) is 36.9 Å². The monoisotopic (exact) mass is 552 g/mol. The van der Waals surface area contributed by atoms with Crippen LogP contribution in [0.2, 0.25) is 0 Å². The van der Waals surface area contributed by atoms with E-state index in [1.807, 2.05) is 6.07 Å². The Morgan fingerprint density at radius 3 is 2.77 bits per heavy atom. The number of nitrogens with one attached hydrogen (secondary N) is 2. The van der Waals surface area contributed by atoms with Crippen LogP contribution in [0.1, 0.15) is 62.5 Å². The van der Waals surface area contributed by atoms with Crippen molar-refractivity contribution in [1.29, 1.82) is 5.26 Å². The first-order chi connectivity index (χ1) is 19.0. The lowest BCUT2D eigenvalue weighted by molar-refractivity contribution is -0.153. The number of benzene rings is 1. The van der Waals surface area contributed by atoms with Gasteiger partial charge < -0.3 is 20.5 Å². The summed E-state index contributed by atoms with van der Waals surface area (Å²) in [6.45, 7) is -1.40. The molecule has 3 N–H and O–H groups in total. The van der Waals surface area contributed by atoms with Gasteiger partial charge >= 0.3 is 6.18 Å². The van der Waals surface area contributed by atoms with E-state index in [4.69, 9.17) is 10.00 Å². The van der Waals surface area contributed by atoms with Gasteiger partial charge in [-0.15, -0.1) is 0 Å². The summed E-state index contributed by atoms with van der Waals surface area (Å²) in [6.07, 6.45) is -1.57. The molecule has 2 amide bonds. The number of amides is 2. The molecular weight excluding hydrogens is 529 g/mol. The van der Waals surface area contributed by atoms with E-state index in [9.17, 15) is 27.9 Å². The molecule has 1 aromatic carbocycles. The van der Waals surface area contributed by atoms with Gasteiger partial charge in [-0.3, -0.25) is 9.59 Å². The highest BCUT2D eigenvalue weighted by Crippen LogP contribution is 2.44. The molecule has 2 aromatic heterocycles. The Bertz CT molecular complexity index is 1560. The van der Waals surface area contributed by atoms with Gasteiger partial charge in [-0.2, -0.15) is 23.5 Å². The number of aryl methyl sites for hydroxylation is 1. The minimum absolute atomic E-state index is 0.00457. The molecule has 0 unspecified atom stereocenters. The third-order valence-corrected chi connectivity index (χ3v) is 7.58. The molecule has 206 valence electrons. The van der Waals surface area contributed by atoms with Crippen LogP contribution in [0.15, 0.2) is 36.5 Å². The maximum Gasteiger partial charge on any atom is 0.422 e. The molecule has 2 aliphatic carbocycles. The normalized spacial score (nSPS) is 23.0. The van der Waals surface area contributed by atoms with Gasteiger partial charge in [0.2, 0.25) is 0 Å². The van der Waals surface area contributed by atoms with Crippen molar-refractivity contribution < 1.29 is 32.6 Å². The number of fused-ring (bicyclic) bond motifs is 3. The Labute approximate surface area is 225 Å². The molecule has 3 aliphatic rings. The molecule has 6 rings (SSSR count). The standard InChI is InChI=1S/C27H23F3N6O4/c28-27(29,30)13-40-18-2-3-19-15(7-18)5-6-26(19)10-20-22(24(38)34-26)23(25(39)33-16-8-17(37)9-16)36(35-20)21-4-1-14(11-31)12-32-21/h1-4,7,12,16-17,37H,5-6,8-10,13H2,(H,33,39)(H,34,38)/t16-,17-,26-/m0/s1. The van der Waals surface area contributed by atoms with Crippen LogP contribution in [-0.2, 0) is 18.4 Å². The minimum atomic E-state index is -4.46. The van der Waals surface area contributed by atoms with Gasteiger partial charge in [-0.25, -0.2) is 9.67 Å². The van der Waals surface area contributed by atoms with Gasteiger partial charge in [0.1, 0.15) is 17.5 Å². The molecular formula is C27H23F3N6O4. The van der Waals surface area contributed by atoms with Crippen LogP contribution in [0.5, 0.6) is 5.75 Å². The van der Waals surface area contributed by atoms with E-state index in [1.165, 1.54) is 29.1 Å². The fourth-order valence-electron chi connectivity index (χ4n) is 5.64. The summed E-state index contributed by atoms with van der Waals surface area (Å²) in [4.78, 5) is 31.3. The molecule has 3 aromatic rings. The second-order valence-electron chi connectivity index (χ2n) is 10.3. The molecule has 1 aliphatic heterocycles. The average Bonchev–Trinajstić information content (AvgIpc) is 3.45. The van der Waals surface area contributed by atoms with Gasteiger partial charge in [0, 0.05) is 18.7 Å². The van der Waals surface area contributed by atoms with Crippen molar-refractivity contribution in [2.45, 2.75) is 56.0 Å². The second kappa shape index (κ2) is 9.34. The molecule has 1 saturated carbocycles. The van der Waals surface area contributed by atoms with Crippen LogP contribution < -0.4 is 15.4 Å². The summed E-state index contributed by atoms with van der Waals surface area (Å²) in [5.74, 6) is -0.717. The zero-order chi connectivity index (χ0) is 28.2. The molecule has 1 spiro atoms. The number of nitriles is 1. The van der Waals surface area contributed by atoms with Gasteiger partial charge in [0.15, 0.2) is 12.4 Å².